The van der Waals surface area contributed by atoms with E-state index in [1.807, 2.05) is 0 Å². The van der Waals surface area contributed by atoms with E-state index < -0.39 is 0 Å². The molecular formula is C12H25NO5. The Morgan fingerprint density at radius 3 is 2.28 bits per heavy atom. The number of ether oxygens (including phenoxy) is 4. The van der Waals surface area contributed by atoms with Gasteiger partial charge in [0.1, 0.15) is 12.7 Å². The van der Waals surface area contributed by atoms with Crippen LogP contribution in [0.4, 0.5) is 0 Å². The van der Waals surface area contributed by atoms with Crippen molar-refractivity contribution in [1.82, 2.24) is 5.32 Å². The Morgan fingerprint density at radius 1 is 1.06 bits per heavy atom. The van der Waals surface area contributed by atoms with Gasteiger partial charge in [0.2, 0.25) is 5.91 Å². The first-order valence-corrected chi connectivity index (χ1v) is 6.09. The zero-order valence-corrected chi connectivity index (χ0v) is 11.6. The number of rotatable bonds is 12. The smallest absolute Gasteiger partial charge is 0.246 e. The molecule has 0 saturated heterocycles. The van der Waals surface area contributed by atoms with Gasteiger partial charge in [-0.15, -0.1) is 0 Å². The summed E-state index contributed by atoms with van der Waals surface area (Å²) in [6.07, 6.45) is 1.63. The Morgan fingerprint density at radius 2 is 1.72 bits per heavy atom. The van der Waals surface area contributed by atoms with Crippen molar-refractivity contribution in [3.8, 4) is 0 Å². The number of hydrogen-bond donors (Lipinski definition) is 1. The predicted octanol–water partition coefficient (Wildman–Crippen LogP) is 0.207. The summed E-state index contributed by atoms with van der Waals surface area (Å²) in [6.45, 7) is 2.21. The highest BCUT2D eigenvalue weighted by Crippen LogP contribution is 1.94. The largest absolute Gasteiger partial charge is 0.385 e. The lowest BCUT2D eigenvalue weighted by atomic mass is 10.3. The van der Waals surface area contributed by atoms with Crippen LogP contribution >= 0.6 is 0 Å². The van der Waals surface area contributed by atoms with E-state index in [9.17, 15) is 4.79 Å². The molecule has 0 aliphatic heterocycles. The molecule has 0 aliphatic rings. The molecule has 18 heavy (non-hydrogen) atoms. The molecule has 0 aliphatic carbocycles. The van der Waals surface area contributed by atoms with Crippen molar-refractivity contribution in [3.05, 3.63) is 0 Å². The summed E-state index contributed by atoms with van der Waals surface area (Å²) in [5.41, 5.74) is 0. The zero-order valence-electron chi connectivity index (χ0n) is 11.6. The molecule has 0 fully saturated rings. The maximum atomic E-state index is 11.4. The Labute approximate surface area is 109 Å². The lowest BCUT2D eigenvalue weighted by Crippen LogP contribution is -2.33. The fraction of sp³-hybridized carbons (Fsp3) is 0.917. The molecule has 0 atom stereocenters. The molecule has 0 bridgehead atoms. The van der Waals surface area contributed by atoms with Crippen LogP contribution in [0.1, 0.15) is 12.8 Å². The van der Waals surface area contributed by atoms with Gasteiger partial charge in [0, 0.05) is 34.5 Å². The quantitative estimate of drug-likeness (QED) is 0.510. The van der Waals surface area contributed by atoms with E-state index >= 15 is 0 Å². The predicted molar refractivity (Wildman–Crippen MR) is 67.6 cm³/mol. The molecule has 0 aromatic rings. The number of nitrogens with one attached hydrogen (secondary N) is 1. The second kappa shape index (κ2) is 12.8. The van der Waals surface area contributed by atoms with Gasteiger partial charge in [-0.25, -0.2) is 0 Å². The van der Waals surface area contributed by atoms with E-state index in [4.69, 9.17) is 18.9 Å². The molecule has 6 nitrogen and oxygen atoms in total. The van der Waals surface area contributed by atoms with Crippen molar-refractivity contribution < 1.29 is 23.7 Å². The number of carbonyl (C=O) groups excluding carboxylic acids is 1. The van der Waals surface area contributed by atoms with Crippen molar-refractivity contribution >= 4 is 5.91 Å². The highest BCUT2D eigenvalue weighted by Gasteiger charge is 2.10. The molecule has 6 heteroatoms. The SMILES string of the molecule is COCCCCNC(=O)COC(COC)COC. The summed E-state index contributed by atoms with van der Waals surface area (Å²) < 4.78 is 20.2. The van der Waals surface area contributed by atoms with Gasteiger partial charge in [0.25, 0.3) is 0 Å². The van der Waals surface area contributed by atoms with Crippen LogP contribution in [-0.4, -0.2) is 66.3 Å². The number of carbonyl (C=O) groups is 1. The lowest BCUT2D eigenvalue weighted by molar-refractivity contribution is -0.130. The monoisotopic (exact) mass is 263 g/mol. The summed E-state index contributed by atoms with van der Waals surface area (Å²) in [6, 6.07) is 0. The van der Waals surface area contributed by atoms with Crippen molar-refractivity contribution in [2.75, 3.05) is 54.3 Å². The second-order valence-electron chi connectivity index (χ2n) is 3.89. The third-order valence-electron chi connectivity index (χ3n) is 2.25. The zero-order chi connectivity index (χ0) is 13.6. The summed E-state index contributed by atoms with van der Waals surface area (Å²) in [5.74, 6) is -0.121. The van der Waals surface area contributed by atoms with Gasteiger partial charge in [-0.3, -0.25) is 4.79 Å². The van der Waals surface area contributed by atoms with Crippen LogP contribution in [0, 0.1) is 0 Å². The van der Waals surface area contributed by atoms with Crippen LogP contribution < -0.4 is 5.32 Å². The highest BCUT2D eigenvalue weighted by atomic mass is 16.6. The second-order valence-corrected chi connectivity index (χ2v) is 3.89. The summed E-state index contributed by atoms with van der Waals surface area (Å²) in [4.78, 5) is 11.4. The molecule has 1 N–H and O–H groups in total. The van der Waals surface area contributed by atoms with Crippen molar-refractivity contribution in [2.45, 2.75) is 18.9 Å². The number of unbranched alkanes of at least 4 members (excludes halogenated alkanes) is 1. The average molecular weight is 263 g/mol. The normalized spacial score (nSPS) is 10.9. The molecular weight excluding hydrogens is 238 g/mol. The van der Waals surface area contributed by atoms with Crippen LogP contribution in [0.5, 0.6) is 0 Å². The molecule has 0 unspecified atom stereocenters. The first-order valence-electron chi connectivity index (χ1n) is 6.09. The van der Waals surface area contributed by atoms with Crippen LogP contribution in [0.25, 0.3) is 0 Å². The number of hydrogen-bond acceptors (Lipinski definition) is 5. The van der Waals surface area contributed by atoms with Gasteiger partial charge < -0.3 is 24.3 Å². The van der Waals surface area contributed by atoms with Gasteiger partial charge in [-0.1, -0.05) is 0 Å². The Balaban J connectivity index is 3.54. The molecule has 0 saturated carbocycles. The molecule has 0 aromatic carbocycles. The molecule has 0 heterocycles. The standard InChI is InChI=1S/C12H25NO5/c1-15-7-5-4-6-13-12(14)10-18-11(8-16-2)9-17-3/h11H,4-10H2,1-3H3,(H,13,14). The Bertz CT molecular complexity index is 195. The van der Waals surface area contributed by atoms with E-state index in [2.05, 4.69) is 5.32 Å². The fourth-order valence-electron chi connectivity index (χ4n) is 1.36. The molecule has 1 amide bonds. The van der Waals surface area contributed by atoms with Gasteiger partial charge >= 0.3 is 0 Å². The highest BCUT2D eigenvalue weighted by molar-refractivity contribution is 5.77. The van der Waals surface area contributed by atoms with Gasteiger partial charge in [-0.2, -0.15) is 0 Å². The summed E-state index contributed by atoms with van der Waals surface area (Å²) in [5, 5.41) is 2.78. The van der Waals surface area contributed by atoms with E-state index in [-0.39, 0.29) is 18.6 Å². The minimum absolute atomic E-state index is 0.0294. The minimum atomic E-state index is -0.209. The Kier molecular flexibility index (Phi) is 12.3. The number of amides is 1. The number of methoxy groups -OCH3 is 3. The third kappa shape index (κ3) is 10.5. The van der Waals surface area contributed by atoms with Crippen LogP contribution in [0.2, 0.25) is 0 Å². The Hall–Kier alpha value is -0.690. The van der Waals surface area contributed by atoms with E-state index in [0.717, 1.165) is 19.4 Å². The molecule has 0 radical (unpaired) electrons. The van der Waals surface area contributed by atoms with E-state index in [1.54, 1.807) is 21.3 Å². The maximum Gasteiger partial charge on any atom is 0.246 e. The van der Waals surface area contributed by atoms with E-state index in [1.165, 1.54) is 0 Å². The molecule has 0 aromatic heterocycles. The topological polar surface area (TPSA) is 66.0 Å². The molecule has 0 spiro atoms. The molecule has 108 valence electrons. The summed E-state index contributed by atoms with van der Waals surface area (Å²) in [7, 11) is 4.84. The molecule has 0 rings (SSSR count). The first-order chi connectivity index (χ1) is 8.74. The van der Waals surface area contributed by atoms with E-state index in [0.29, 0.717) is 19.8 Å². The van der Waals surface area contributed by atoms with Crippen molar-refractivity contribution in [3.63, 3.8) is 0 Å². The summed E-state index contributed by atoms with van der Waals surface area (Å²) >= 11 is 0. The van der Waals surface area contributed by atoms with Crippen LogP contribution in [0.15, 0.2) is 0 Å². The maximum absolute atomic E-state index is 11.4. The van der Waals surface area contributed by atoms with Crippen molar-refractivity contribution in [2.24, 2.45) is 0 Å². The van der Waals surface area contributed by atoms with Gasteiger partial charge in [-0.05, 0) is 12.8 Å². The van der Waals surface area contributed by atoms with Crippen LogP contribution in [-0.2, 0) is 23.7 Å². The van der Waals surface area contributed by atoms with Crippen molar-refractivity contribution in [1.29, 1.82) is 0 Å². The average Bonchev–Trinajstić information content (AvgIpc) is 2.36. The fourth-order valence-corrected chi connectivity index (χ4v) is 1.36. The third-order valence-corrected chi connectivity index (χ3v) is 2.25. The van der Waals surface area contributed by atoms with Crippen LogP contribution in [0.3, 0.4) is 0 Å². The van der Waals surface area contributed by atoms with Gasteiger partial charge in [0.15, 0.2) is 0 Å². The minimum Gasteiger partial charge on any atom is -0.385 e. The van der Waals surface area contributed by atoms with Gasteiger partial charge in [0.05, 0.1) is 13.2 Å². The lowest BCUT2D eigenvalue weighted by Gasteiger charge is -2.15. The first kappa shape index (κ1) is 17.3.